The van der Waals surface area contributed by atoms with Gasteiger partial charge in [-0.25, -0.2) is 9.97 Å². The molecule has 0 fully saturated rings. The Morgan fingerprint density at radius 1 is 1.05 bits per heavy atom. The van der Waals surface area contributed by atoms with Crippen molar-refractivity contribution in [1.82, 2.24) is 9.97 Å². The van der Waals surface area contributed by atoms with E-state index in [4.69, 9.17) is 5.53 Å². The SMILES string of the molecule is Cc1nc(N(C)c2ccc(N=[N+]=[N-])cc2)c2ccccc2n1. The summed E-state index contributed by atoms with van der Waals surface area (Å²) < 4.78 is 0. The van der Waals surface area contributed by atoms with E-state index >= 15 is 0 Å². The molecule has 1 heterocycles. The van der Waals surface area contributed by atoms with Crippen LogP contribution in [0.5, 0.6) is 0 Å². The molecule has 0 spiro atoms. The van der Waals surface area contributed by atoms with Gasteiger partial charge in [-0.2, -0.15) is 0 Å². The van der Waals surface area contributed by atoms with Crippen molar-refractivity contribution >= 4 is 28.1 Å². The Morgan fingerprint density at radius 3 is 2.50 bits per heavy atom. The van der Waals surface area contributed by atoms with Gasteiger partial charge in [0.1, 0.15) is 11.6 Å². The summed E-state index contributed by atoms with van der Waals surface area (Å²) in [5.41, 5.74) is 10.9. The standard InChI is InChI=1S/C16H14N6/c1-11-18-15-6-4-3-5-14(15)16(19-11)22(2)13-9-7-12(8-10-13)20-21-17/h3-10H,1-2H3. The number of aromatic nitrogens is 2. The molecule has 0 N–H and O–H groups in total. The molecule has 3 rings (SSSR count). The molecular formula is C16H14N6. The maximum atomic E-state index is 8.46. The number of para-hydroxylation sites is 1. The summed E-state index contributed by atoms with van der Waals surface area (Å²) in [6, 6.07) is 15.3. The third kappa shape index (κ3) is 2.55. The Kier molecular flexibility index (Phi) is 3.60. The second-order valence-corrected chi connectivity index (χ2v) is 4.88. The van der Waals surface area contributed by atoms with Crippen LogP contribution < -0.4 is 4.90 Å². The van der Waals surface area contributed by atoms with Crippen molar-refractivity contribution < 1.29 is 0 Å². The second-order valence-electron chi connectivity index (χ2n) is 4.88. The first kappa shape index (κ1) is 13.9. The van der Waals surface area contributed by atoms with Crippen molar-refractivity contribution in [3.63, 3.8) is 0 Å². The zero-order valence-corrected chi connectivity index (χ0v) is 12.3. The van der Waals surface area contributed by atoms with Crippen LogP contribution >= 0.6 is 0 Å². The number of nitrogens with zero attached hydrogens (tertiary/aromatic N) is 6. The summed E-state index contributed by atoms with van der Waals surface area (Å²) in [5, 5.41) is 4.58. The van der Waals surface area contributed by atoms with Crippen LogP contribution in [-0.4, -0.2) is 17.0 Å². The van der Waals surface area contributed by atoms with Crippen molar-refractivity contribution in [1.29, 1.82) is 0 Å². The molecule has 1 aromatic heterocycles. The number of benzene rings is 2. The summed E-state index contributed by atoms with van der Waals surface area (Å²) in [6.45, 7) is 1.88. The average Bonchev–Trinajstić information content (AvgIpc) is 2.54. The zero-order chi connectivity index (χ0) is 15.5. The third-order valence-corrected chi connectivity index (χ3v) is 3.41. The molecule has 0 aliphatic rings. The lowest BCUT2D eigenvalue weighted by molar-refractivity contribution is 1.04. The Hall–Kier alpha value is -3.11. The average molecular weight is 290 g/mol. The molecule has 0 aliphatic heterocycles. The van der Waals surface area contributed by atoms with Gasteiger partial charge in [0.15, 0.2) is 0 Å². The van der Waals surface area contributed by atoms with E-state index in [0.717, 1.165) is 28.2 Å². The minimum absolute atomic E-state index is 0.586. The fourth-order valence-electron chi connectivity index (χ4n) is 2.35. The molecule has 0 radical (unpaired) electrons. The normalized spacial score (nSPS) is 10.3. The summed E-state index contributed by atoms with van der Waals surface area (Å²) >= 11 is 0. The highest BCUT2D eigenvalue weighted by atomic mass is 15.2. The lowest BCUT2D eigenvalue weighted by atomic mass is 10.2. The summed E-state index contributed by atoms with van der Waals surface area (Å²) in [4.78, 5) is 13.8. The van der Waals surface area contributed by atoms with E-state index in [1.54, 1.807) is 12.1 Å². The number of anilines is 2. The van der Waals surface area contributed by atoms with Crippen LogP contribution in [0, 0.1) is 6.92 Å². The first-order valence-electron chi connectivity index (χ1n) is 6.81. The smallest absolute Gasteiger partial charge is 0.144 e. The van der Waals surface area contributed by atoms with Crippen molar-refractivity contribution in [2.45, 2.75) is 6.92 Å². The molecule has 3 aromatic rings. The van der Waals surface area contributed by atoms with E-state index in [-0.39, 0.29) is 0 Å². The summed E-state index contributed by atoms with van der Waals surface area (Å²) in [6.07, 6.45) is 0. The second kappa shape index (κ2) is 5.71. The highest BCUT2D eigenvalue weighted by molar-refractivity contribution is 5.91. The van der Waals surface area contributed by atoms with Gasteiger partial charge >= 0.3 is 0 Å². The van der Waals surface area contributed by atoms with E-state index in [1.165, 1.54) is 0 Å². The minimum Gasteiger partial charge on any atom is -0.329 e. The first-order valence-corrected chi connectivity index (χ1v) is 6.81. The van der Waals surface area contributed by atoms with E-state index in [0.29, 0.717) is 5.69 Å². The Balaban J connectivity index is 2.08. The fraction of sp³-hybridized carbons (Fsp3) is 0.125. The van der Waals surface area contributed by atoms with Crippen molar-refractivity contribution in [3.05, 3.63) is 64.8 Å². The van der Waals surface area contributed by atoms with Gasteiger partial charge in [0.2, 0.25) is 0 Å². The van der Waals surface area contributed by atoms with Gasteiger partial charge in [-0.15, -0.1) is 0 Å². The number of fused-ring (bicyclic) bond motifs is 1. The highest BCUT2D eigenvalue weighted by Crippen LogP contribution is 2.29. The van der Waals surface area contributed by atoms with Crippen LogP contribution in [0.2, 0.25) is 0 Å². The molecule has 0 saturated heterocycles. The lowest BCUT2D eigenvalue weighted by Gasteiger charge is -2.20. The molecule has 0 aliphatic carbocycles. The van der Waals surface area contributed by atoms with Crippen molar-refractivity contribution in [3.8, 4) is 0 Å². The quantitative estimate of drug-likeness (QED) is 0.400. The molecule has 0 unspecified atom stereocenters. The molecule has 0 atom stereocenters. The van der Waals surface area contributed by atoms with Crippen LogP contribution in [-0.2, 0) is 0 Å². The summed E-state index contributed by atoms with van der Waals surface area (Å²) in [7, 11) is 1.96. The monoisotopic (exact) mass is 290 g/mol. The van der Waals surface area contributed by atoms with Gasteiger partial charge in [0.25, 0.3) is 0 Å². The maximum Gasteiger partial charge on any atom is 0.144 e. The van der Waals surface area contributed by atoms with E-state index in [9.17, 15) is 0 Å². The van der Waals surface area contributed by atoms with Gasteiger partial charge in [0.05, 0.1) is 5.52 Å². The molecular weight excluding hydrogens is 276 g/mol. The number of aryl methyl sites for hydroxylation is 1. The molecule has 6 nitrogen and oxygen atoms in total. The predicted molar refractivity (Wildman–Crippen MR) is 87.6 cm³/mol. The van der Waals surface area contributed by atoms with Gasteiger partial charge in [-0.05, 0) is 36.7 Å². The molecule has 6 heteroatoms. The number of azide groups is 1. The Bertz CT molecular complexity index is 865. The van der Waals surface area contributed by atoms with Gasteiger partial charge < -0.3 is 4.90 Å². The van der Waals surface area contributed by atoms with Crippen LogP contribution in [0.25, 0.3) is 21.3 Å². The van der Waals surface area contributed by atoms with Crippen LogP contribution in [0.1, 0.15) is 5.82 Å². The van der Waals surface area contributed by atoms with E-state index in [1.807, 2.05) is 55.3 Å². The molecule has 0 saturated carbocycles. The van der Waals surface area contributed by atoms with Crippen LogP contribution in [0.15, 0.2) is 53.6 Å². The van der Waals surface area contributed by atoms with Gasteiger partial charge in [-0.3, -0.25) is 0 Å². The van der Waals surface area contributed by atoms with E-state index < -0.39 is 0 Å². The molecule has 0 bridgehead atoms. The molecule has 0 amide bonds. The number of rotatable bonds is 3. The van der Waals surface area contributed by atoms with Gasteiger partial charge in [0, 0.05) is 28.7 Å². The predicted octanol–water partition coefficient (Wildman–Crippen LogP) is 4.65. The van der Waals surface area contributed by atoms with Crippen molar-refractivity contribution in [2.75, 3.05) is 11.9 Å². The minimum atomic E-state index is 0.586. The van der Waals surface area contributed by atoms with Crippen LogP contribution in [0.3, 0.4) is 0 Å². The number of hydrogen-bond donors (Lipinski definition) is 0. The van der Waals surface area contributed by atoms with Gasteiger partial charge in [-0.1, -0.05) is 29.4 Å². The maximum absolute atomic E-state index is 8.46. The zero-order valence-electron chi connectivity index (χ0n) is 12.3. The molecule has 22 heavy (non-hydrogen) atoms. The first-order chi connectivity index (χ1) is 10.7. The Morgan fingerprint density at radius 2 is 1.77 bits per heavy atom. The van der Waals surface area contributed by atoms with E-state index in [2.05, 4.69) is 20.0 Å². The lowest BCUT2D eigenvalue weighted by Crippen LogP contribution is -2.12. The Labute approximate surface area is 127 Å². The molecule has 2 aromatic carbocycles. The van der Waals surface area contributed by atoms with Crippen molar-refractivity contribution in [2.24, 2.45) is 5.11 Å². The largest absolute Gasteiger partial charge is 0.329 e. The topological polar surface area (TPSA) is 77.8 Å². The highest BCUT2D eigenvalue weighted by Gasteiger charge is 2.11. The number of hydrogen-bond acceptors (Lipinski definition) is 4. The summed E-state index contributed by atoms with van der Waals surface area (Å²) in [5.74, 6) is 1.57. The van der Waals surface area contributed by atoms with Crippen LogP contribution in [0.4, 0.5) is 17.2 Å². The third-order valence-electron chi connectivity index (χ3n) is 3.41. The fourth-order valence-corrected chi connectivity index (χ4v) is 2.35. The molecule has 108 valence electrons.